The number of aryl methyl sites for hydroxylation is 1. The Bertz CT molecular complexity index is 810. The van der Waals surface area contributed by atoms with E-state index >= 15 is 0 Å². The van der Waals surface area contributed by atoms with E-state index in [0.717, 1.165) is 0 Å². The Morgan fingerprint density at radius 3 is 2.32 bits per heavy atom. The highest BCUT2D eigenvalue weighted by Gasteiger charge is 2.56. The molecular formula is C17H19N3O5. The number of ether oxygens (including phenoxy) is 2. The van der Waals surface area contributed by atoms with Gasteiger partial charge in [0.2, 0.25) is 11.8 Å². The lowest BCUT2D eigenvalue weighted by atomic mass is 10.0. The average Bonchev–Trinajstić information content (AvgIpc) is 3.33. The number of carbonyl (C=O) groups is 2. The molecule has 3 rings (SSSR count). The summed E-state index contributed by atoms with van der Waals surface area (Å²) in [5, 5.41) is 9.10. The van der Waals surface area contributed by atoms with Crippen LogP contribution in [0.1, 0.15) is 18.6 Å². The smallest absolute Gasteiger partial charge is 0.241 e. The number of aromatic nitrogens is 1. The lowest BCUT2D eigenvalue weighted by Gasteiger charge is -2.15. The monoisotopic (exact) mass is 345 g/mol. The molecule has 1 saturated carbocycles. The number of hydrogen-bond acceptors (Lipinski definition) is 6. The van der Waals surface area contributed by atoms with Crippen LogP contribution in [-0.2, 0) is 9.59 Å². The number of anilines is 2. The summed E-state index contributed by atoms with van der Waals surface area (Å²) in [6.45, 7) is 1.72. The summed E-state index contributed by atoms with van der Waals surface area (Å²) in [4.78, 5) is 25.1. The van der Waals surface area contributed by atoms with Gasteiger partial charge >= 0.3 is 0 Å². The third kappa shape index (κ3) is 3.28. The van der Waals surface area contributed by atoms with Crippen molar-refractivity contribution in [3.63, 3.8) is 0 Å². The first kappa shape index (κ1) is 16.8. The molecule has 0 spiro atoms. The van der Waals surface area contributed by atoms with Crippen molar-refractivity contribution in [1.82, 2.24) is 5.16 Å². The number of methoxy groups -OCH3 is 2. The van der Waals surface area contributed by atoms with E-state index in [0.29, 0.717) is 41.6 Å². The van der Waals surface area contributed by atoms with Crippen molar-refractivity contribution in [2.45, 2.75) is 19.8 Å². The van der Waals surface area contributed by atoms with E-state index in [4.69, 9.17) is 14.0 Å². The second kappa shape index (κ2) is 6.46. The van der Waals surface area contributed by atoms with Gasteiger partial charge in [-0.2, -0.15) is 0 Å². The number of hydrogen-bond donors (Lipinski definition) is 2. The van der Waals surface area contributed by atoms with E-state index in [1.54, 1.807) is 31.2 Å². The van der Waals surface area contributed by atoms with Gasteiger partial charge in [-0.15, -0.1) is 0 Å². The summed E-state index contributed by atoms with van der Waals surface area (Å²) < 4.78 is 15.3. The maximum atomic E-state index is 12.6. The van der Waals surface area contributed by atoms with Crippen LogP contribution >= 0.6 is 0 Å². The maximum absolute atomic E-state index is 12.6. The molecule has 1 aromatic carbocycles. The zero-order chi connectivity index (χ0) is 18.0. The van der Waals surface area contributed by atoms with Gasteiger partial charge < -0.3 is 24.6 Å². The second-order valence-corrected chi connectivity index (χ2v) is 5.88. The topological polar surface area (TPSA) is 103 Å². The number of rotatable bonds is 6. The Kier molecular flexibility index (Phi) is 4.35. The van der Waals surface area contributed by atoms with Gasteiger partial charge in [-0.05, 0) is 31.9 Å². The highest BCUT2D eigenvalue weighted by Crippen LogP contribution is 2.47. The molecule has 0 atom stereocenters. The summed E-state index contributed by atoms with van der Waals surface area (Å²) in [6.07, 6.45) is 0.962. The molecule has 0 aliphatic heterocycles. The Labute approximate surface area is 144 Å². The molecule has 1 aliphatic rings. The van der Waals surface area contributed by atoms with Gasteiger partial charge in [-0.25, -0.2) is 0 Å². The van der Waals surface area contributed by atoms with Gasteiger partial charge in [0.15, 0.2) is 17.3 Å². The molecule has 132 valence electrons. The molecule has 1 aliphatic carbocycles. The summed E-state index contributed by atoms with van der Waals surface area (Å²) >= 11 is 0. The van der Waals surface area contributed by atoms with Gasteiger partial charge in [0.05, 0.1) is 14.2 Å². The van der Waals surface area contributed by atoms with E-state index < -0.39 is 11.3 Å². The quantitative estimate of drug-likeness (QED) is 0.779. The molecule has 0 bridgehead atoms. The Hall–Kier alpha value is -3.03. The Balaban J connectivity index is 1.71. The van der Waals surface area contributed by atoms with Gasteiger partial charge in [-0.3, -0.25) is 9.59 Å². The summed E-state index contributed by atoms with van der Waals surface area (Å²) in [6, 6.07) is 6.62. The first-order chi connectivity index (χ1) is 12.0. The van der Waals surface area contributed by atoms with E-state index in [1.165, 1.54) is 14.2 Å². The molecule has 2 aromatic rings. The third-order valence-electron chi connectivity index (χ3n) is 4.13. The first-order valence-electron chi connectivity index (χ1n) is 7.77. The van der Waals surface area contributed by atoms with E-state index in [2.05, 4.69) is 15.8 Å². The van der Waals surface area contributed by atoms with E-state index in [9.17, 15) is 9.59 Å². The van der Waals surface area contributed by atoms with Crippen LogP contribution in [-0.4, -0.2) is 31.2 Å². The van der Waals surface area contributed by atoms with Crippen LogP contribution in [0.5, 0.6) is 11.5 Å². The minimum absolute atomic E-state index is 0.299. The van der Waals surface area contributed by atoms with Crippen molar-refractivity contribution >= 4 is 23.3 Å². The van der Waals surface area contributed by atoms with E-state index in [-0.39, 0.29) is 5.91 Å². The third-order valence-corrected chi connectivity index (χ3v) is 4.13. The zero-order valence-electron chi connectivity index (χ0n) is 14.2. The van der Waals surface area contributed by atoms with Crippen molar-refractivity contribution in [1.29, 1.82) is 0 Å². The fourth-order valence-corrected chi connectivity index (χ4v) is 2.51. The minimum Gasteiger partial charge on any atom is -0.493 e. The van der Waals surface area contributed by atoms with Crippen molar-refractivity contribution in [2.75, 3.05) is 24.9 Å². The van der Waals surface area contributed by atoms with Crippen molar-refractivity contribution in [2.24, 2.45) is 5.41 Å². The normalized spacial score (nSPS) is 14.5. The molecule has 8 heteroatoms. The number of benzene rings is 1. The van der Waals surface area contributed by atoms with Crippen LogP contribution in [0.3, 0.4) is 0 Å². The van der Waals surface area contributed by atoms with E-state index in [1.807, 2.05) is 0 Å². The van der Waals surface area contributed by atoms with Crippen LogP contribution < -0.4 is 20.1 Å². The molecule has 2 amide bonds. The predicted octanol–water partition coefficient (Wildman–Crippen LogP) is 2.36. The van der Waals surface area contributed by atoms with Crippen molar-refractivity contribution in [3.8, 4) is 11.5 Å². The highest BCUT2D eigenvalue weighted by molar-refractivity contribution is 6.16. The first-order valence-corrected chi connectivity index (χ1v) is 7.77. The molecule has 1 heterocycles. The number of nitrogens with zero attached hydrogens (tertiary/aromatic N) is 1. The minimum atomic E-state index is -1.08. The zero-order valence-corrected chi connectivity index (χ0v) is 14.2. The molecule has 25 heavy (non-hydrogen) atoms. The van der Waals surface area contributed by atoms with Gasteiger partial charge in [0.1, 0.15) is 11.2 Å². The fraction of sp³-hybridized carbons (Fsp3) is 0.353. The Morgan fingerprint density at radius 1 is 1.08 bits per heavy atom. The van der Waals surface area contributed by atoms with Crippen LogP contribution in [0.2, 0.25) is 0 Å². The lowest BCUT2D eigenvalue weighted by Crippen LogP contribution is -2.35. The SMILES string of the molecule is COc1ccc(NC(=O)C2(C(=O)Nc3cc(C)on3)CC2)cc1OC. The lowest BCUT2D eigenvalue weighted by molar-refractivity contribution is -0.131. The summed E-state index contributed by atoms with van der Waals surface area (Å²) in [7, 11) is 3.05. The molecule has 1 aromatic heterocycles. The number of nitrogens with one attached hydrogen (secondary N) is 2. The van der Waals surface area contributed by atoms with Gasteiger partial charge in [0.25, 0.3) is 0 Å². The van der Waals surface area contributed by atoms with Crippen LogP contribution in [0.25, 0.3) is 0 Å². The molecule has 2 N–H and O–H groups in total. The summed E-state index contributed by atoms with van der Waals surface area (Å²) in [5.74, 6) is 1.17. The molecule has 0 saturated heterocycles. The van der Waals surface area contributed by atoms with Gasteiger partial charge in [-0.1, -0.05) is 5.16 Å². The molecule has 0 unspecified atom stereocenters. The summed E-state index contributed by atoms with van der Waals surface area (Å²) in [5.41, 5.74) is -0.556. The molecule has 0 radical (unpaired) electrons. The predicted molar refractivity (Wildman–Crippen MR) is 89.7 cm³/mol. The highest BCUT2D eigenvalue weighted by atomic mass is 16.5. The van der Waals surface area contributed by atoms with Crippen LogP contribution in [0, 0.1) is 12.3 Å². The average molecular weight is 345 g/mol. The van der Waals surface area contributed by atoms with Gasteiger partial charge in [0, 0.05) is 17.8 Å². The molecule has 8 nitrogen and oxygen atoms in total. The van der Waals surface area contributed by atoms with Crippen molar-refractivity contribution < 1.29 is 23.6 Å². The molecule has 1 fully saturated rings. The standard InChI is InChI=1S/C17H19N3O5/c1-10-8-14(20-25-10)19-16(22)17(6-7-17)15(21)18-11-4-5-12(23-2)13(9-11)24-3/h4-5,8-9H,6-7H2,1-3H3,(H,18,21)(H,19,20,22). The van der Waals surface area contributed by atoms with Crippen molar-refractivity contribution in [3.05, 3.63) is 30.0 Å². The molecular weight excluding hydrogens is 326 g/mol. The number of carbonyl (C=O) groups excluding carboxylic acids is 2. The fourth-order valence-electron chi connectivity index (χ4n) is 2.51. The van der Waals surface area contributed by atoms with Crippen LogP contribution in [0.15, 0.2) is 28.8 Å². The number of amides is 2. The Morgan fingerprint density at radius 2 is 1.76 bits per heavy atom. The maximum Gasteiger partial charge on any atom is 0.241 e. The second-order valence-electron chi connectivity index (χ2n) is 5.88. The van der Waals surface area contributed by atoms with Crippen LogP contribution in [0.4, 0.5) is 11.5 Å². The largest absolute Gasteiger partial charge is 0.493 e.